The fraction of sp³-hybridized carbons (Fsp3) is 0.250. The van der Waals surface area contributed by atoms with Crippen molar-refractivity contribution in [2.45, 2.75) is 26.7 Å². The molecule has 0 saturated carbocycles. The van der Waals surface area contributed by atoms with E-state index in [4.69, 9.17) is 4.42 Å². The largest absolute Gasteiger partial charge is 0.441 e. The van der Waals surface area contributed by atoms with Crippen molar-refractivity contribution in [3.05, 3.63) is 83.7 Å². The Kier molecular flexibility index (Phi) is 5.88. The summed E-state index contributed by atoms with van der Waals surface area (Å²) in [6, 6.07) is 21.3. The molecule has 2 amide bonds. The Bertz CT molecular complexity index is 1340. The van der Waals surface area contributed by atoms with Gasteiger partial charge in [0.05, 0.1) is 5.69 Å². The number of likely N-dealkylation sites (tertiary alicyclic amines) is 1. The molecule has 2 heterocycles. The number of benzene rings is 3. The van der Waals surface area contributed by atoms with E-state index in [1.165, 1.54) is 0 Å². The summed E-state index contributed by atoms with van der Waals surface area (Å²) in [6.45, 7) is 4.92. The Hall–Kier alpha value is -3.93. The van der Waals surface area contributed by atoms with Crippen LogP contribution in [0.15, 0.2) is 71.1 Å². The number of rotatable bonds is 4. The summed E-state index contributed by atoms with van der Waals surface area (Å²) >= 11 is 0. The summed E-state index contributed by atoms with van der Waals surface area (Å²) in [5, 5.41) is 5.05. The second kappa shape index (κ2) is 9.14. The molecule has 1 aliphatic rings. The Morgan fingerprint density at radius 3 is 2.47 bits per heavy atom. The number of fused-ring (bicyclic) bond motifs is 1. The number of piperidine rings is 1. The van der Waals surface area contributed by atoms with Gasteiger partial charge in [0.15, 0.2) is 0 Å². The molecule has 5 rings (SSSR count). The number of nitrogens with zero attached hydrogens (tertiary/aromatic N) is 2. The summed E-state index contributed by atoms with van der Waals surface area (Å²) in [5.41, 5.74) is 3.11. The van der Waals surface area contributed by atoms with Crippen molar-refractivity contribution in [2.24, 2.45) is 5.92 Å². The Morgan fingerprint density at radius 1 is 0.971 bits per heavy atom. The molecule has 1 fully saturated rings. The van der Waals surface area contributed by atoms with E-state index in [1.54, 1.807) is 0 Å². The van der Waals surface area contributed by atoms with Crippen LogP contribution in [-0.2, 0) is 4.79 Å². The third-order valence-electron chi connectivity index (χ3n) is 6.58. The quantitative estimate of drug-likeness (QED) is 0.436. The van der Waals surface area contributed by atoms with Crippen molar-refractivity contribution in [2.75, 3.05) is 18.4 Å². The predicted molar refractivity (Wildman–Crippen MR) is 133 cm³/mol. The van der Waals surface area contributed by atoms with E-state index < -0.39 is 0 Å². The lowest BCUT2D eigenvalue weighted by molar-refractivity contribution is -0.121. The van der Waals surface area contributed by atoms with Crippen LogP contribution in [0.2, 0.25) is 0 Å². The van der Waals surface area contributed by atoms with Crippen molar-refractivity contribution < 1.29 is 14.0 Å². The highest BCUT2D eigenvalue weighted by atomic mass is 16.4. The maximum Gasteiger partial charge on any atom is 0.254 e. The van der Waals surface area contributed by atoms with Crippen molar-refractivity contribution in [3.63, 3.8) is 0 Å². The number of hydrogen-bond donors (Lipinski definition) is 1. The van der Waals surface area contributed by atoms with E-state index in [0.717, 1.165) is 33.4 Å². The molecule has 6 heteroatoms. The lowest BCUT2D eigenvalue weighted by atomic mass is 9.94. The smallest absolute Gasteiger partial charge is 0.254 e. The minimum atomic E-state index is -0.133. The number of oxazole rings is 1. The Morgan fingerprint density at radius 2 is 1.71 bits per heavy atom. The highest BCUT2D eigenvalue weighted by molar-refractivity contribution is 6.07. The number of nitrogens with one attached hydrogen (secondary N) is 1. The van der Waals surface area contributed by atoms with Crippen LogP contribution in [0.3, 0.4) is 0 Å². The third kappa shape index (κ3) is 4.31. The Labute approximate surface area is 198 Å². The molecule has 1 N–H and O–H groups in total. The molecule has 0 radical (unpaired) electrons. The van der Waals surface area contributed by atoms with E-state index in [2.05, 4.69) is 10.3 Å². The van der Waals surface area contributed by atoms with E-state index in [9.17, 15) is 9.59 Å². The minimum Gasteiger partial charge on any atom is -0.441 e. The topological polar surface area (TPSA) is 75.4 Å². The first-order valence-corrected chi connectivity index (χ1v) is 11.6. The normalized spacial score (nSPS) is 14.4. The van der Waals surface area contributed by atoms with Gasteiger partial charge in [0.1, 0.15) is 5.76 Å². The lowest BCUT2D eigenvalue weighted by Crippen LogP contribution is -2.41. The molecule has 6 nitrogen and oxygen atoms in total. The first kappa shape index (κ1) is 21.9. The fourth-order valence-corrected chi connectivity index (χ4v) is 4.50. The average molecular weight is 454 g/mol. The molecule has 4 aromatic rings. The second-order valence-electron chi connectivity index (χ2n) is 8.82. The molecule has 172 valence electrons. The van der Waals surface area contributed by atoms with Gasteiger partial charge in [-0.2, -0.15) is 0 Å². The molecule has 3 aromatic carbocycles. The molecule has 34 heavy (non-hydrogen) atoms. The van der Waals surface area contributed by atoms with Gasteiger partial charge in [-0.15, -0.1) is 0 Å². The number of amides is 2. The standard InChI is InChI=1S/C28H27N3O3/c1-18-19(2)34-27(29-18)22-9-5-10-23(17-22)30-26(32)21-13-15-31(16-14-21)28(33)25-12-6-8-20-7-3-4-11-24(20)25/h3-12,17,21H,13-16H2,1-2H3,(H,30,32). The number of hydrogen-bond acceptors (Lipinski definition) is 4. The minimum absolute atomic E-state index is 0.0193. The zero-order valence-corrected chi connectivity index (χ0v) is 19.4. The number of anilines is 1. The van der Waals surface area contributed by atoms with Crippen LogP contribution in [0, 0.1) is 19.8 Å². The predicted octanol–water partition coefficient (Wildman–Crippen LogP) is 5.60. The van der Waals surface area contributed by atoms with Crippen LogP contribution in [0.25, 0.3) is 22.2 Å². The molecule has 1 saturated heterocycles. The van der Waals surface area contributed by atoms with Gasteiger partial charge < -0.3 is 14.6 Å². The summed E-state index contributed by atoms with van der Waals surface area (Å²) in [6.07, 6.45) is 1.28. The average Bonchev–Trinajstić information content (AvgIpc) is 3.21. The maximum absolute atomic E-state index is 13.2. The van der Waals surface area contributed by atoms with E-state index >= 15 is 0 Å². The van der Waals surface area contributed by atoms with E-state index in [1.807, 2.05) is 85.5 Å². The third-order valence-corrected chi connectivity index (χ3v) is 6.58. The summed E-state index contributed by atoms with van der Waals surface area (Å²) in [5.74, 6) is 1.21. The van der Waals surface area contributed by atoms with E-state index in [-0.39, 0.29) is 17.7 Å². The van der Waals surface area contributed by atoms with Gasteiger partial charge in [-0.25, -0.2) is 4.98 Å². The number of carbonyl (C=O) groups excluding carboxylic acids is 2. The number of aryl methyl sites for hydroxylation is 2. The first-order chi connectivity index (χ1) is 16.5. The fourth-order valence-electron chi connectivity index (χ4n) is 4.50. The number of carbonyl (C=O) groups is 2. The van der Waals surface area contributed by atoms with Crippen LogP contribution in [0.4, 0.5) is 5.69 Å². The van der Waals surface area contributed by atoms with Gasteiger partial charge >= 0.3 is 0 Å². The van der Waals surface area contributed by atoms with Crippen molar-refractivity contribution in [3.8, 4) is 11.5 Å². The molecule has 0 bridgehead atoms. The SMILES string of the molecule is Cc1nc(-c2cccc(NC(=O)C3CCN(C(=O)c4cccc5ccccc45)CC3)c2)oc1C. The molecular weight excluding hydrogens is 426 g/mol. The van der Waals surface area contributed by atoms with Crippen LogP contribution < -0.4 is 5.32 Å². The van der Waals surface area contributed by atoms with Gasteiger partial charge in [-0.3, -0.25) is 9.59 Å². The molecule has 0 spiro atoms. The highest BCUT2D eigenvalue weighted by Gasteiger charge is 2.28. The van der Waals surface area contributed by atoms with Gasteiger partial charge in [0.25, 0.3) is 5.91 Å². The molecule has 0 atom stereocenters. The first-order valence-electron chi connectivity index (χ1n) is 11.6. The van der Waals surface area contributed by atoms with Crippen LogP contribution in [0.5, 0.6) is 0 Å². The summed E-state index contributed by atoms with van der Waals surface area (Å²) in [7, 11) is 0. The Balaban J connectivity index is 1.22. The van der Waals surface area contributed by atoms with Crippen LogP contribution >= 0.6 is 0 Å². The molecule has 0 aliphatic carbocycles. The zero-order chi connectivity index (χ0) is 23.7. The van der Waals surface area contributed by atoms with E-state index in [0.29, 0.717) is 37.5 Å². The van der Waals surface area contributed by atoms with Gasteiger partial charge in [0, 0.05) is 35.8 Å². The maximum atomic E-state index is 13.2. The zero-order valence-electron chi connectivity index (χ0n) is 19.4. The monoisotopic (exact) mass is 453 g/mol. The van der Waals surface area contributed by atoms with Crippen LogP contribution in [0.1, 0.15) is 34.7 Å². The van der Waals surface area contributed by atoms with Crippen molar-refractivity contribution in [1.29, 1.82) is 0 Å². The highest BCUT2D eigenvalue weighted by Crippen LogP contribution is 2.27. The van der Waals surface area contributed by atoms with Crippen molar-refractivity contribution in [1.82, 2.24) is 9.88 Å². The lowest BCUT2D eigenvalue weighted by Gasteiger charge is -2.31. The second-order valence-corrected chi connectivity index (χ2v) is 8.82. The van der Waals surface area contributed by atoms with Gasteiger partial charge in [0.2, 0.25) is 11.8 Å². The molecular formula is C28H27N3O3. The number of aromatic nitrogens is 1. The molecule has 0 unspecified atom stereocenters. The van der Waals surface area contributed by atoms with Gasteiger partial charge in [-0.05, 0) is 61.7 Å². The molecule has 1 aliphatic heterocycles. The van der Waals surface area contributed by atoms with Gasteiger partial charge in [-0.1, -0.05) is 42.5 Å². The summed E-state index contributed by atoms with van der Waals surface area (Å²) in [4.78, 5) is 32.4. The summed E-state index contributed by atoms with van der Waals surface area (Å²) < 4.78 is 5.71. The molecule has 1 aromatic heterocycles. The van der Waals surface area contributed by atoms with Crippen LogP contribution in [-0.4, -0.2) is 34.8 Å². The van der Waals surface area contributed by atoms with Crippen molar-refractivity contribution >= 4 is 28.3 Å².